The minimum absolute atomic E-state index is 0.116. The van der Waals surface area contributed by atoms with E-state index >= 15 is 0 Å². The highest BCUT2D eigenvalue weighted by atomic mass is 16.2. The van der Waals surface area contributed by atoms with Gasteiger partial charge in [-0.05, 0) is 54.8 Å². The molecular formula is C20H20N4O2. The molecule has 26 heavy (non-hydrogen) atoms. The Labute approximate surface area is 151 Å². The Hall–Kier alpha value is -3.15. The second-order valence-corrected chi connectivity index (χ2v) is 6.79. The van der Waals surface area contributed by atoms with Crippen molar-refractivity contribution in [3.05, 3.63) is 59.4 Å². The Kier molecular flexibility index (Phi) is 3.95. The summed E-state index contributed by atoms with van der Waals surface area (Å²) in [4.78, 5) is 28.1. The van der Waals surface area contributed by atoms with E-state index in [9.17, 15) is 9.59 Å². The summed E-state index contributed by atoms with van der Waals surface area (Å²) in [6, 6.07) is 12.5. The third-order valence-electron chi connectivity index (χ3n) is 4.74. The molecule has 0 saturated heterocycles. The first kappa shape index (κ1) is 16.3. The van der Waals surface area contributed by atoms with Crippen LogP contribution in [-0.4, -0.2) is 21.4 Å². The number of anilines is 1. The van der Waals surface area contributed by atoms with Crippen molar-refractivity contribution in [3.63, 3.8) is 0 Å². The van der Waals surface area contributed by atoms with Crippen LogP contribution in [0.15, 0.2) is 42.5 Å². The molecule has 0 bridgehead atoms. The highest BCUT2D eigenvalue weighted by molar-refractivity contribution is 5.95. The van der Waals surface area contributed by atoms with Gasteiger partial charge in [-0.15, -0.1) is 0 Å². The summed E-state index contributed by atoms with van der Waals surface area (Å²) < 4.78 is 2.15. The average Bonchev–Trinajstić information content (AvgIpc) is 3.40. The van der Waals surface area contributed by atoms with Crippen LogP contribution in [-0.2, 0) is 18.3 Å². The van der Waals surface area contributed by atoms with Crippen LogP contribution in [0.2, 0.25) is 0 Å². The summed E-state index contributed by atoms with van der Waals surface area (Å²) in [5.41, 5.74) is 9.21. The second-order valence-electron chi connectivity index (χ2n) is 6.79. The van der Waals surface area contributed by atoms with Crippen LogP contribution in [0.1, 0.15) is 40.5 Å². The number of hydrogen-bond acceptors (Lipinski definition) is 3. The molecule has 2 aromatic carbocycles. The Bertz CT molecular complexity index is 1000. The van der Waals surface area contributed by atoms with E-state index in [2.05, 4.69) is 9.88 Å². The number of carbonyl (C=O) groups excluding carboxylic acids is 2. The summed E-state index contributed by atoms with van der Waals surface area (Å²) in [5, 5.41) is 2.83. The van der Waals surface area contributed by atoms with Crippen molar-refractivity contribution < 1.29 is 9.59 Å². The number of rotatable bonds is 5. The van der Waals surface area contributed by atoms with Gasteiger partial charge >= 0.3 is 0 Å². The topological polar surface area (TPSA) is 90.0 Å². The SMILES string of the molecule is Cn1c(C2CC2)nc2cc(CC(=O)Nc3ccc(C(N)=O)cc3)ccc21. The molecule has 4 rings (SSSR count). The Balaban J connectivity index is 1.47. The second kappa shape index (κ2) is 6.29. The number of nitrogens with one attached hydrogen (secondary N) is 1. The fourth-order valence-electron chi connectivity index (χ4n) is 3.19. The van der Waals surface area contributed by atoms with Crippen molar-refractivity contribution in [1.82, 2.24) is 9.55 Å². The number of nitrogens with two attached hydrogens (primary N) is 1. The molecule has 1 fully saturated rings. The average molecular weight is 348 g/mol. The standard InChI is InChI=1S/C20H20N4O2/c1-24-17-9-2-12(10-16(17)23-20(24)14-3-4-14)11-18(25)22-15-7-5-13(6-8-15)19(21)26/h2,5-10,14H,3-4,11H2,1H3,(H2,21,26)(H,22,25). The van der Waals surface area contributed by atoms with Crippen molar-refractivity contribution in [2.45, 2.75) is 25.2 Å². The van der Waals surface area contributed by atoms with Gasteiger partial charge in [0.1, 0.15) is 5.82 Å². The Morgan fingerprint density at radius 3 is 2.58 bits per heavy atom. The summed E-state index contributed by atoms with van der Waals surface area (Å²) in [6.07, 6.45) is 2.69. The molecule has 6 nitrogen and oxygen atoms in total. The highest BCUT2D eigenvalue weighted by Crippen LogP contribution is 2.40. The van der Waals surface area contributed by atoms with Crippen molar-refractivity contribution in [1.29, 1.82) is 0 Å². The Morgan fingerprint density at radius 2 is 1.92 bits per heavy atom. The number of primary amides is 1. The molecule has 132 valence electrons. The lowest BCUT2D eigenvalue weighted by atomic mass is 10.1. The molecule has 3 N–H and O–H groups in total. The first-order valence-electron chi connectivity index (χ1n) is 8.66. The van der Waals surface area contributed by atoms with Gasteiger partial charge in [0.25, 0.3) is 0 Å². The molecule has 0 unspecified atom stereocenters. The van der Waals surface area contributed by atoms with Crippen LogP contribution >= 0.6 is 0 Å². The van der Waals surface area contributed by atoms with Crippen LogP contribution in [0.4, 0.5) is 5.69 Å². The maximum atomic E-state index is 12.3. The first-order valence-corrected chi connectivity index (χ1v) is 8.66. The fourth-order valence-corrected chi connectivity index (χ4v) is 3.19. The molecule has 1 aliphatic carbocycles. The number of fused-ring (bicyclic) bond motifs is 1. The Morgan fingerprint density at radius 1 is 1.19 bits per heavy atom. The van der Waals surface area contributed by atoms with E-state index in [1.165, 1.54) is 12.8 Å². The van der Waals surface area contributed by atoms with E-state index in [1.54, 1.807) is 24.3 Å². The summed E-state index contributed by atoms with van der Waals surface area (Å²) >= 11 is 0. The van der Waals surface area contributed by atoms with Gasteiger partial charge in [-0.1, -0.05) is 6.07 Å². The smallest absolute Gasteiger partial charge is 0.248 e. The van der Waals surface area contributed by atoms with Gasteiger partial charge in [0.05, 0.1) is 17.5 Å². The zero-order valence-electron chi connectivity index (χ0n) is 14.5. The number of carbonyl (C=O) groups is 2. The van der Waals surface area contributed by atoms with Crippen molar-refractivity contribution >= 4 is 28.5 Å². The molecule has 2 amide bonds. The fraction of sp³-hybridized carbons (Fsp3) is 0.250. The van der Waals surface area contributed by atoms with Crippen LogP contribution in [0.25, 0.3) is 11.0 Å². The monoisotopic (exact) mass is 348 g/mol. The number of imidazole rings is 1. The van der Waals surface area contributed by atoms with Gasteiger partial charge in [0.2, 0.25) is 11.8 Å². The highest BCUT2D eigenvalue weighted by Gasteiger charge is 2.28. The van der Waals surface area contributed by atoms with Gasteiger partial charge < -0.3 is 15.6 Å². The third kappa shape index (κ3) is 3.18. The lowest BCUT2D eigenvalue weighted by Gasteiger charge is -2.06. The van der Waals surface area contributed by atoms with E-state index in [0.29, 0.717) is 17.2 Å². The summed E-state index contributed by atoms with van der Waals surface area (Å²) in [5.74, 6) is 1.12. The van der Waals surface area contributed by atoms with E-state index in [-0.39, 0.29) is 12.3 Å². The number of hydrogen-bond donors (Lipinski definition) is 2. The minimum atomic E-state index is -0.489. The zero-order chi connectivity index (χ0) is 18.3. The molecule has 1 aromatic heterocycles. The number of aryl methyl sites for hydroxylation is 1. The predicted octanol–water partition coefficient (Wildman–Crippen LogP) is 2.73. The molecule has 0 radical (unpaired) electrons. The maximum Gasteiger partial charge on any atom is 0.248 e. The molecule has 0 atom stereocenters. The van der Waals surface area contributed by atoms with Crippen LogP contribution in [0, 0.1) is 0 Å². The number of amides is 2. The molecule has 6 heteroatoms. The van der Waals surface area contributed by atoms with Crippen molar-refractivity contribution in [2.75, 3.05) is 5.32 Å². The van der Waals surface area contributed by atoms with E-state index in [4.69, 9.17) is 10.7 Å². The summed E-state index contributed by atoms with van der Waals surface area (Å²) in [7, 11) is 2.05. The number of benzene rings is 2. The predicted molar refractivity (Wildman–Crippen MR) is 100.0 cm³/mol. The van der Waals surface area contributed by atoms with Gasteiger partial charge in [-0.25, -0.2) is 4.98 Å². The molecule has 3 aromatic rings. The van der Waals surface area contributed by atoms with Crippen LogP contribution in [0.3, 0.4) is 0 Å². The van der Waals surface area contributed by atoms with Crippen LogP contribution < -0.4 is 11.1 Å². The van der Waals surface area contributed by atoms with Crippen molar-refractivity contribution in [3.8, 4) is 0 Å². The van der Waals surface area contributed by atoms with E-state index in [1.807, 2.05) is 25.2 Å². The zero-order valence-corrected chi connectivity index (χ0v) is 14.5. The molecular weight excluding hydrogens is 328 g/mol. The molecule has 1 saturated carbocycles. The number of aromatic nitrogens is 2. The largest absolute Gasteiger partial charge is 0.366 e. The van der Waals surface area contributed by atoms with Crippen LogP contribution in [0.5, 0.6) is 0 Å². The summed E-state index contributed by atoms with van der Waals surface area (Å²) in [6.45, 7) is 0. The lowest BCUT2D eigenvalue weighted by molar-refractivity contribution is -0.115. The third-order valence-corrected chi connectivity index (χ3v) is 4.74. The van der Waals surface area contributed by atoms with Gasteiger partial charge in [0.15, 0.2) is 0 Å². The molecule has 1 aliphatic rings. The van der Waals surface area contributed by atoms with Gasteiger partial charge in [-0.3, -0.25) is 9.59 Å². The molecule has 0 spiro atoms. The molecule has 0 aliphatic heterocycles. The van der Waals surface area contributed by atoms with Gasteiger partial charge in [-0.2, -0.15) is 0 Å². The lowest BCUT2D eigenvalue weighted by Crippen LogP contribution is -2.15. The maximum absolute atomic E-state index is 12.3. The quantitative estimate of drug-likeness (QED) is 0.743. The van der Waals surface area contributed by atoms with Gasteiger partial charge in [0, 0.05) is 24.2 Å². The minimum Gasteiger partial charge on any atom is -0.366 e. The number of nitrogens with zero attached hydrogens (tertiary/aromatic N) is 2. The molecule has 1 heterocycles. The van der Waals surface area contributed by atoms with E-state index in [0.717, 1.165) is 22.4 Å². The van der Waals surface area contributed by atoms with E-state index < -0.39 is 5.91 Å². The first-order chi connectivity index (χ1) is 12.5. The van der Waals surface area contributed by atoms with Crippen molar-refractivity contribution in [2.24, 2.45) is 12.8 Å². The normalized spacial score (nSPS) is 13.7.